The monoisotopic (exact) mass is 232 g/mol. The molecule has 0 unspecified atom stereocenters. The predicted octanol–water partition coefficient (Wildman–Crippen LogP) is 1.99. The highest BCUT2D eigenvalue weighted by Crippen LogP contribution is 2.39. The van der Waals surface area contributed by atoms with Crippen molar-refractivity contribution in [2.24, 2.45) is 0 Å². The van der Waals surface area contributed by atoms with Crippen LogP contribution in [0.1, 0.15) is 30.3 Å². The van der Waals surface area contributed by atoms with Crippen molar-refractivity contribution in [1.29, 1.82) is 0 Å². The van der Waals surface area contributed by atoms with Gasteiger partial charge in [0, 0.05) is 17.7 Å². The fraction of sp³-hybridized carbons (Fsp3) is 0.600. The fourth-order valence-electron chi connectivity index (χ4n) is 1.63. The summed E-state index contributed by atoms with van der Waals surface area (Å²) >= 11 is 0. The van der Waals surface area contributed by atoms with Crippen LogP contribution < -0.4 is 5.56 Å². The molecule has 1 heterocycles. The first kappa shape index (κ1) is 11.2. The summed E-state index contributed by atoms with van der Waals surface area (Å²) in [6, 6.07) is 1.14. The third-order valence-electron chi connectivity index (χ3n) is 2.45. The number of halogens is 3. The van der Waals surface area contributed by atoms with Crippen molar-refractivity contribution in [3.05, 3.63) is 27.9 Å². The number of nitrogens with zero attached hydrogens (tertiary/aromatic N) is 2. The molecule has 1 aromatic heterocycles. The Morgan fingerprint density at radius 2 is 2.12 bits per heavy atom. The van der Waals surface area contributed by atoms with Crippen LogP contribution in [0.25, 0.3) is 0 Å². The van der Waals surface area contributed by atoms with Crippen LogP contribution in [0.3, 0.4) is 0 Å². The van der Waals surface area contributed by atoms with Crippen LogP contribution in [0.2, 0.25) is 0 Å². The highest BCUT2D eigenvalue weighted by atomic mass is 19.4. The molecule has 1 aliphatic carbocycles. The Morgan fingerprint density at radius 3 is 2.62 bits per heavy atom. The SMILES string of the molecule is Cc1cc(=O)n(CC(F)(F)F)c(C2CC2)n1. The van der Waals surface area contributed by atoms with Gasteiger partial charge in [0.1, 0.15) is 12.4 Å². The topological polar surface area (TPSA) is 34.9 Å². The smallest absolute Gasteiger partial charge is 0.287 e. The molecular weight excluding hydrogens is 221 g/mol. The zero-order valence-corrected chi connectivity index (χ0v) is 8.71. The summed E-state index contributed by atoms with van der Waals surface area (Å²) in [6.45, 7) is 0.371. The van der Waals surface area contributed by atoms with Gasteiger partial charge in [-0.25, -0.2) is 4.98 Å². The molecule has 16 heavy (non-hydrogen) atoms. The molecule has 0 aromatic carbocycles. The third-order valence-corrected chi connectivity index (χ3v) is 2.45. The van der Waals surface area contributed by atoms with Crippen molar-refractivity contribution in [2.75, 3.05) is 0 Å². The first-order valence-corrected chi connectivity index (χ1v) is 5.02. The van der Waals surface area contributed by atoms with E-state index in [1.54, 1.807) is 6.92 Å². The van der Waals surface area contributed by atoms with Gasteiger partial charge in [-0.3, -0.25) is 9.36 Å². The number of aromatic nitrogens is 2. The molecule has 0 atom stereocenters. The quantitative estimate of drug-likeness (QED) is 0.781. The molecule has 3 nitrogen and oxygen atoms in total. The number of alkyl halides is 3. The minimum Gasteiger partial charge on any atom is -0.287 e. The average molecular weight is 232 g/mol. The zero-order valence-electron chi connectivity index (χ0n) is 8.71. The highest BCUT2D eigenvalue weighted by Gasteiger charge is 2.34. The van der Waals surface area contributed by atoms with Gasteiger partial charge in [0.05, 0.1) is 0 Å². The van der Waals surface area contributed by atoms with Crippen molar-refractivity contribution >= 4 is 0 Å². The largest absolute Gasteiger partial charge is 0.406 e. The molecule has 1 aliphatic rings. The number of hydrogen-bond donors (Lipinski definition) is 0. The molecule has 0 aliphatic heterocycles. The second kappa shape index (κ2) is 3.61. The van der Waals surface area contributed by atoms with Gasteiger partial charge >= 0.3 is 6.18 Å². The lowest BCUT2D eigenvalue weighted by molar-refractivity contribution is -0.141. The first-order chi connectivity index (χ1) is 7.37. The van der Waals surface area contributed by atoms with Gasteiger partial charge in [-0.2, -0.15) is 13.2 Å². The lowest BCUT2D eigenvalue weighted by atomic mass is 10.3. The van der Waals surface area contributed by atoms with Gasteiger partial charge in [0.15, 0.2) is 0 Å². The van der Waals surface area contributed by atoms with Crippen LogP contribution in [-0.2, 0) is 6.54 Å². The zero-order chi connectivity index (χ0) is 11.9. The Balaban J connectivity index is 2.45. The van der Waals surface area contributed by atoms with Gasteiger partial charge in [-0.1, -0.05) is 0 Å². The normalized spacial score (nSPS) is 16.5. The summed E-state index contributed by atoms with van der Waals surface area (Å²) in [4.78, 5) is 15.5. The van der Waals surface area contributed by atoms with E-state index in [1.165, 1.54) is 0 Å². The van der Waals surface area contributed by atoms with Crippen molar-refractivity contribution in [3.8, 4) is 0 Å². The summed E-state index contributed by atoms with van der Waals surface area (Å²) in [6.07, 6.45) is -2.76. The summed E-state index contributed by atoms with van der Waals surface area (Å²) in [5, 5.41) is 0. The third kappa shape index (κ3) is 2.43. The van der Waals surface area contributed by atoms with Crippen LogP contribution in [-0.4, -0.2) is 15.7 Å². The summed E-state index contributed by atoms with van der Waals surface area (Å²) in [5.41, 5.74) is -0.142. The van der Waals surface area contributed by atoms with Gasteiger partial charge in [-0.05, 0) is 19.8 Å². The van der Waals surface area contributed by atoms with E-state index in [4.69, 9.17) is 0 Å². The molecule has 2 rings (SSSR count). The molecular formula is C10H11F3N2O. The molecule has 0 saturated heterocycles. The molecule has 1 saturated carbocycles. The average Bonchev–Trinajstić information content (AvgIpc) is 2.90. The highest BCUT2D eigenvalue weighted by molar-refractivity contribution is 5.11. The van der Waals surface area contributed by atoms with Crippen LogP contribution in [0.5, 0.6) is 0 Å². The maximum absolute atomic E-state index is 12.3. The van der Waals surface area contributed by atoms with E-state index in [9.17, 15) is 18.0 Å². The maximum Gasteiger partial charge on any atom is 0.406 e. The summed E-state index contributed by atoms with van der Waals surface area (Å²) < 4.78 is 37.6. The molecule has 88 valence electrons. The van der Waals surface area contributed by atoms with E-state index in [1.807, 2.05) is 0 Å². The Hall–Kier alpha value is -1.33. The van der Waals surface area contributed by atoms with Gasteiger partial charge in [0.2, 0.25) is 0 Å². The Bertz CT molecular complexity index is 460. The number of rotatable bonds is 2. The molecule has 0 N–H and O–H groups in total. The summed E-state index contributed by atoms with van der Waals surface area (Å²) in [7, 11) is 0. The molecule has 1 aromatic rings. The number of aryl methyl sites for hydroxylation is 1. The summed E-state index contributed by atoms with van der Waals surface area (Å²) in [5.74, 6) is 0.303. The van der Waals surface area contributed by atoms with Gasteiger partial charge in [-0.15, -0.1) is 0 Å². The molecule has 0 spiro atoms. The molecule has 6 heteroatoms. The fourth-order valence-corrected chi connectivity index (χ4v) is 1.63. The van der Waals surface area contributed by atoms with Gasteiger partial charge in [0.25, 0.3) is 5.56 Å². The van der Waals surface area contributed by atoms with Crippen LogP contribution in [0, 0.1) is 6.92 Å². The first-order valence-electron chi connectivity index (χ1n) is 5.02. The predicted molar refractivity (Wildman–Crippen MR) is 51.3 cm³/mol. The standard InChI is InChI=1S/C10H11F3N2O/c1-6-4-8(16)15(5-10(11,12)13)9(14-6)7-2-3-7/h4,7H,2-3,5H2,1H3. The molecule has 0 bridgehead atoms. The van der Waals surface area contributed by atoms with Gasteiger partial charge < -0.3 is 0 Å². The Kier molecular flexibility index (Phi) is 2.52. The lowest BCUT2D eigenvalue weighted by Crippen LogP contribution is -2.31. The Labute approximate surface area is 89.9 Å². The number of hydrogen-bond acceptors (Lipinski definition) is 2. The van der Waals surface area contributed by atoms with E-state index in [2.05, 4.69) is 4.98 Å². The van der Waals surface area contributed by atoms with Crippen LogP contribution in [0.4, 0.5) is 13.2 Å². The molecule has 0 radical (unpaired) electrons. The van der Waals surface area contributed by atoms with Crippen LogP contribution >= 0.6 is 0 Å². The van der Waals surface area contributed by atoms with E-state index < -0.39 is 18.3 Å². The minimum atomic E-state index is -4.38. The maximum atomic E-state index is 12.3. The Morgan fingerprint density at radius 1 is 1.50 bits per heavy atom. The van der Waals surface area contributed by atoms with Crippen molar-refractivity contribution < 1.29 is 13.2 Å². The van der Waals surface area contributed by atoms with Crippen molar-refractivity contribution in [2.45, 2.75) is 38.4 Å². The minimum absolute atomic E-state index is 0.0231. The molecule has 0 amide bonds. The second-order valence-corrected chi connectivity index (χ2v) is 4.07. The van der Waals surface area contributed by atoms with E-state index in [-0.39, 0.29) is 11.7 Å². The van der Waals surface area contributed by atoms with Crippen LogP contribution in [0.15, 0.2) is 10.9 Å². The lowest BCUT2D eigenvalue weighted by Gasteiger charge is -2.13. The van der Waals surface area contributed by atoms with E-state index >= 15 is 0 Å². The molecule has 1 fully saturated rings. The van der Waals surface area contributed by atoms with Crippen molar-refractivity contribution in [3.63, 3.8) is 0 Å². The van der Waals surface area contributed by atoms with E-state index in [0.29, 0.717) is 5.69 Å². The second-order valence-electron chi connectivity index (χ2n) is 4.07. The van der Waals surface area contributed by atoms with E-state index in [0.717, 1.165) is 23.5 Å². The van der Waals surface area contributed by atoms with Crippen molar-refractivity contribution in [1.82, 2.24) is 9.55 Å².